The molecule has 1 aromatic heterocycles. The second kappa shape index (κ2) is 9.91. The summed E-state index contributed by atoms with van der Waals surface area (Å²) in [5.74, 6) is -1.27. The van der Waals surface area contributed by atoms with Crippen molar-refractivity contribution in [3.05, 3.63) is 57.8 Å². The zero-order valence-corrected chi connectivity index (χ0v) is 18.5. The maximum absolute atomic E-state index is 12.3. The first-order valence-electron chi connectivity index (χ1n) is 9.02. The highest BCUT2D eigenvalue weighted by atomic mass is 35.5. The number of hydrogen-bond acceptors (Lipinski definition) is 6. The Balaban J connectivity index is 2.11. The van der Waals surface area contributed by atoms with Crippen LogP contribution in [0.1, 0.15) is 36.7 Å². The molecule has 9 heteroatoms. The molecule has 0 radical (unpaired) electrons. The number of pyridine rings is 1. The molecule has 1 amide bonds. The van der Waals surface area contributed by atoms with Crippen molar-refractivity contribution >= 4 is 41.0 Å². The number of carbonyl (C=O) groups is 3. The lowest BCUT2D eigenvalue weighted by Gasteiger charge is -2.23. The molecule has 0 spiro atoms. The van der Waals surface area contributed by atoms with Gasteiger partial charge in [-0.1, -0.05) is 56.1 Å². The highest BCUT2D eigenvalue weighted by Crippen LogP contribution is 2.25. The average Bonchev–Trinajstić information content (AvgIpc) is 2.67. The van der Waals surface area contributed by atoms with Crippen LogP contribution < -0.4 is 10.1 Å². The summed E-state index contributed by atoms with van der Waals surface area (Å²) in [5, 5.41) is 2.87. The minimum absolute atomic E-state index is 0.0213. The molecule has 7 nitrogen and oxygen atoms in total. The number of nitrogens with zero attached hydrogens (tertiary/aromatic N) is 1. The van der Waals surface area contributed by atoms with Crippen LogP contribution in [0.25, 0.3) is 0 Å². The summed E-state index contributed by atoms with van der Waals surface area (Å²) in [6.07, 6.45) is 2.81. The van der Waals surface area contributed by atoms with E-state index in [2.05, 4.69) is 10.3 Å². The number of methoxy groups -OCH3 is 1. The Morgan fingerprint density at radius 3 is 2.13 bits per heavy atom. The summed E-state index contributed by atoms with van der Waals surface area (Å²) >= 11 is 11.9. The molecule has 1 N–H and O–H groups in total. The van der Waals surface area contributed by atoms with Gasteiger partial charge in [-0.05, 0) is 17.7 Å². The highest BCUT2D eigenvalue weighted by molar-refractivity contribution is 6.39. The third-order valence-corrected chi connectivity index (χ3v) is 4.68. The SMILES string of the molecule is COC(=O)[C@H](Cc1ccc(OC(=O)c2c(Cl)cncc2Cl)cc1)NC(=O)C(C)(C)C. The summed E-state index contributed by atoms with van der Waals surface area (Å²) in [6.45, 7) is 5.25. The minimum Gasteiger partial charge on any atom is -0.467 e. The van der Waals surface area contributed by atoms with Gasteiger partial charge >= 0.3 is 11.9 Å². The van der Waals surface area contributed by atoms with Crippen molar-refractivity contribution in [2.45, 2.75) is 33.2 Å². The molecule has 0 bridgehead atoms. The van der Waals surface area contributed by atoms with Crippen molar-refractivity contribution in [1.29, 1.82) is 0 Å². The molecule has 0 aliphatic carbocycles. The number of halogens is 2. The molecule has 2 aromatic rings. The van der Waals surface area contributed by atoms with Crippen LogP contribution >= 0.6 is 23.2 Å². The largest absolute Gasteiger partial charge is 0.467 e. The van der Waals surface area contributed by atoms with Gasteiger partial charge < -0.3 is 14.8 Å². The summed E-state index contributed by atoms with van der Waals surface area (Å²) in [5.41, 5.74) is 0.104. The van der Waals surface area contributed by atoms with Gasteiger partial charge in [0.15, 0.2) is 0 Å². The van der Waals surface area contributed by atoms with Crippen molar-refractivity contribution in [2.24, 2.45) is 5.41 Å². The van der Waals surface area contributed by atoms with Crippen molar-refractivity contribution in [3.63, 3.8) is 0 Å². The van der Waals surface area contributed by atoms with Gasteiger partial charge in [0.2, 0.25) is 5.91 Å². The van der Waals surface area contributed by atoms with Gasteiger partial charge in [0.05, 0.1) is 17.2 Å². The molecular weight excluding hydrogens is 431 g/mol. The van der Waals surface area contributed by atoms with Crippen molar-refractivity contribution in [3.8, 4) is 5.75 Å². The van der Waals surface area contributed by atoms with E-state index in [0.717, 1.165) is 5.56 Å². The molecule has 0 fully saturated rings. The van der Waals surface area contributed by atoms with Crippen LogP contribution in [0.4, 0.5) is 0 Å². The lowest BCUT2D eigenvalue weighted by Crippen LogP contribution is -2.47. The van der Waals surface area contributed by atoms with Crippen LogP contribution in [-0.2, 0) is 20.7 Å². The number of rotatable bonds is 6. The van der Waals surface area contributed by atoms with E-state index in [0.29, 0.717) is 0 Å². The molecule has 1 aromatic carbocycles. The molecular formula is C21H22Cl2N2O5. The van der Waals surface area contributed by atoms with Crippen LogP contribution in [0.15, 0.2) is 36.7 Å². The predicted molar refractivity (Wildman–Crippen MR) is 113 cm³/mol. The van der Waals surface area contributed by atoms with E-state index < -0.39 is 23.4 Å². The average molecular weight is 453 g/mol. The van der Waals surface area contributed by atoms with E-state index in [1.54, 1.807) is 45.0 Å². The second-order valence-corrected chi connectivity index (χ2v) is 8.33. The molecule has 0 saturated carbocycles. The fourth-order valence-corrected chi connectivity index (χ4v) is 2.92. The fourth-order valence-electron chi connectivity index (χ4n) is 2.40. The van der Waals surface area contributed by atoms with Gasteiger partial charge in [-0.25, -0.2) is 9.59 Å². The Labute approximate surface area is 184 Å². The van der Waals surface area contributed by atoms with Crippen molar-refractivity contribution < 1.29 is 23.9 Å². The molecule has 1 heterocycles. The maximum atomic E-state index is 12.3. The van der Waals surface area contributed by atoms with Gasteiger partial charge in [0.1, 0.15) is 17.4 Å². The van der Waals surface area contributed by atoms with Gasteiger partial charge in [0, 0.05) is 24.2 Å². The van der Waals surface area contributed by atoms with E-state index in [1.165, 1.54) is 19.5 Å². The number of benzene rings is 1. The van der Waals surface area contributed by atoms with Crippen LogP contribution in [0.5, 0.6) is 5.75 Å². The molecule has 0 unspecified atom stereocenters. The number of esters is 2. The third kappa shape index (κ3) is 6.18. The van der Waals surface area contributed by atoms with Gasteiger partial charge in [-0.2, -0.15) is 0 Å². The first-order valence-corrected chi connectivity index (χ1v) is 9.77. The Bertz CT molecular complexity index is 919. The number of amides is 1. The minimum atomic E-state index is -0.843. The highest BCUT2D eigenvalue weighted by Gasteiger charge is 2.28. The van der Waals surface area contributed by atoms with Crippen LogP contribution in [-0.4, -0.2) is 36.0 Å². The zero-order valence-electron chi connectivity index (χ0n) is 17.0. The standard InChI is InChI=1S/C21H22Cl2N2O5/c1-21(2,3)20(28)25-16(18(26)29-4)9-12-5-7-13(8-6-12)30-19(27)17-14(22)10-24-11-15(17)23/h5-8,10-11,16H,9H2,1-4H3,(H,25,28)/t16-/m0/s1. The smallest absolute Gasteiger partial charge is 0.346 e. The molecule has 1 atom stereocenters. The third-order valence-electron chi connectivity index (χ3n) is 4.10. The summed E-state index contributed by atoms with van der Waals surface area (Å²) in [7, 11) is 1.26. The second-order valence-electron chi connectivity index (χ2n) is 7.51. The van der Waals surface area contributed by atoms with Crippen molar-refractivity contribution in [2.75, 3.05) is 7.11 Å². The van der Waals surface area contributed by atoms with Crippen molar-refractivity contribution in [1.82, 2.24) is 10.3 Å². The number of carbonyl (C=O) groups excluding carboxylic acids is 3. The zero-order chi connectivity index (χ0) is 22.5. The van der Waals surface area contributed by atoms with Crippen LogP contribution in [0, 0.1) is 5.41 Å². The molecule has 0 saturated heterocycles. The van der Waals surface area contributed by atoms with E-state index in [-0.39, 0.29) is 33.7 Å². The predicted octanol–water partition coefficient (Wildman–Crippen LogP) is 3.85. The van der Waals surface area contributed by atoms with E-state index in [9.17, 15) is 14.4 Å². The summed E-state index contributed by atoms with van der Waals surface area (Å²) in [6, 6.07) is 5.64. The van der Waals surface area contributed by atoms with E-state index >= 15 is 0 Å². The van der Waals surface area contributed by atoms with Gasteiger partial charge in [0.25, 0.3) is 0 Å². The lowest BCUT2D eigenvalue weighted by atomic mass is 9.94. The summed E-state index contributed by atoms with van der Waals surface area (Å²) in [4.78, 5) is 40.4. The molecule has 30 heavy (non-hydrogen) atoms. The normalized spacial score (nSPS) is 12.1. The number of hydrogen-bond donors (Lipinski definition) is 1. The quantitative estimate of drug-likeness (QED) is 0.528. The van der Waals surface area contributed by atoms with Gasteiger partial charge in [-0.3, -0.25) is 9.78 Å². The molecule has 160 valence electrons. The summed E-state index contributed by atoms with van der Waals surface area (Å²) < 4.78 is 10.1. The topological polar surface area (TPSA) is 94.6 Å². The Hall–Kier alpha value is -2.64. The maximum Gasteiger partial charge on any atom is 0.346 e. The lowest BCUT2D eigenvalue weighted by molar-refractivity contribution is -0.146. The number of nitrogens with one attached hydrogen (secondary N) is 1. The Morgan fingerprint density at radius 1 is 1.07 bits per heavy atom. The monoisotopic (exact) mass is 452 g/mol. The number of ether oxygens (including phenoxy) is 2. The molecule has 2 rings (SSSR count). The van der Waals surface area contributed by atoms with E-state index in [1.807, 2.05) is 0 Å². The number of aromatic nitrogens is 1. The molecule has 0 aliphatic rings. The van der Waals surface area contributed by atoms with Crippen LogP contribution in [0.3, 0.4) is 0 Å². The first-order chi connectivity index (χ1) is 14.0. The Morgan fingerprint density at radius 2 is 1.63 bits per heavy atom. The fraction of sp³-hybridized carbons (Fsp3) is 0.333. The Kier molecular flexibility index (Phi) is 7.81. The molecule has 0 aliphatic heterocycles. The van der Waals surface area contributed by atoms with Gasteiger partial charge in [-0.15, -0.1) is 0 Å². The first kappa shape index (κ1) is 23.6. The van der Waals surface area contributed by atoms with E-state index in [4.69, 9.17) is 32.7 Å². The van der Waals surface area contributed by atoms with Crippen LogP contribution in [0.2, 0.25) is 10.0 Å².